The highest BCUT2D eigenvalue weighted by Gasteiger charge is 2.27. The molecular weight excluding hydrogens is 234 g/mol. The van der Waals surface area contributed by atoms with E-state index in [1.54, 1.807) is 0 Å². The fourth-order valence-corrected chi connectivity index (χ4v) is 3.01. The van der Waals surface area contributed by atoms with E-state index in [-0.39, 0.29) is 0 Å². The number of nitrogens with zero attached hydrogens (tertiary/aromatic N) is 2. The molecule has 0 amide bonds. The van der Waals surface area contributed by atoms with Crippen LogP contribution in [-0.2, 0) is 6.54 Å². The predicted octanol–water partition coefficient (Wildman–Crippen LogP) is 2.96. The van der Waals surface area contributed by atoms with Crippen molar-refractivity contribution in [2.24, 2.45) is 5.92 Å². The summed E-state index contributed by atoms with van der Waals surface area (Å²) < 4.78 is 0. The predicted molar refractivity (Wildman–Crippen MR) is 79.3 cm³/mol. The van der Waals surface area contributed by atoms with Gasteiger partial charge in [0, 0.05) is 31.4 Å². The summed E-state index contributed by atoms with van der Waals surface area (Å²) in [7, 11) is 0. The Bertz CT molecular complexity index is 409. The number of hydrogen-bond acceptors (Lipinski definition) is 3. The second kappa shape index (κ2) is 5.49. The number of hydrogen-bond donors (Lipinski definition) is 1. The van der Waals surface area contributed by atoms with E-state index in [0.717, 1.165) is 24.9 Å². The van der Waals surface area contributed by atoms with Gasteiger partial charge in [-0.1, -0.05) is 19.9 Å². The highest BCUT2D eigenvalue weighted by atomic mass is 15.2. The second-order valence-electron chi connectivity index (χ2n) is 6.33. The first kappa shape index (κ1) is 12.9. The first-order valence-electron chi connectivity index (χ1n) is 7.69. The molecule has 0 aromatic carbocycles. The van der Waals surface area contributed by atoms with Crippen molar-refractivity contribution in [2.45, 2.75) is 58.2 Å². The minimum Gasteiger partial charge on any atom is -0.353 e. The summed E-state index contributed by atoms with van der Waals surface area (Å²) in [6.45, 7) is 6.76. The molecule has 19 heavy (non-hydrogen) atoms. The Morgan fingerprint density at radius 3 is 2.79 bits per heavy atom. The number of rotatable bonds is 5. The Morgan fingerprint density at radius 1 is 1.32 bits per heavy atom. The molecular formula is C16H25N3. The Kier molecular flexibility index (Phi) is 3.74. The first-order valence-corrected chi connectivity index (χ1v) is 7.69. The maximum atomic E-state index is 4.68. The van der Waals surface area contributed by atoms with Gasteiger partial charge in [-0.05, 0) is 43.2 Å². The molecule has 1 saturated carbocycles. The van der Waals surface area contributed by atoms with Crippen LogP contribution in [0, 0.1) is 5.92 Å². The van der Waals surface area contributed by atoms with Crippen LogP contribution in [0.15, 0.2) is 18.3 Å². The van der Waals surface area contributed by atoms with Crippen molar-refractivity contribution >= 4 is 5.82 Å². The third kappa shape index (κ3) is 3.08. The quantitative estimate of drug-likeness (QED) is 0.881. The van der Waals surface area contributed by atoms with E-state index in [1.807, 2.05) is 6.20 Å². The minimum atomic E-state index is 0.669. The van der Waals surface area contributed by atoms with E-state index in [2.05, 4.69) is 41.2 Å². The number of anilines is 1. The minimum absolute atomic E-state index is 0.669. The van der Waals surface area contributed by atoms with E-state index in [1.165, 1.54) is 31.2 Å². The molecule has 1 atom stereocenters. The summed E-state index contributed by atoms with van der Waals surface area (Å²) in [5, 5.41) is 3.54. The van der Waals surface area contributed by atoms with Crippen molar-refractivity contribution in [3.05, 3.63) is 23.9 Å². The lowest BCUT2D eigenvalue weighted by atomic mass is 10.0. The summed E-state index contributed by atoms with van der Waals surface area (Å²) in [5.74, 6) is 1.87. The van der Waals surface area contributed by atoms with Crippen molar-refractivity contribution in [3.8, 4) is 0 Å². The van der Waals surface area contributed by atoms with E-state index in [0.29, 0.717) is 12.0 Å². The van der Waals surface area contributed by atoms with Crippen LogP contribution in [0.2, 0.25) is 0 Å². The monoisotopic (exact) mass is 259 g/mol. The van der Waals surface area contributed by atoms with Crippen LogP contribution in [0.3, 0.4) is 0 Å². The molecule has 1 aliphatic heterocycles. The van der Waals surface area contributed by atoms with Crippen molar-refractivity contribution in [2.75, 3.05) is 11.4 Å². The maximum Gasteiger partial charge on any atom is 0.128 e. The molecule has 2 heterocycles. The van der Waals surface area contributed by atoms with Crippen LogP contribution >= 0.6 is 0 Å². The molecule has 3 nitrogen and oxygen atoms in total. The summed E-state index contributed by atoms with van der Waals surface area (Å²) in [4.78, 5) is 7.17. The van der Waals surface area contributed by atoms with Gasteiger partial charge in [-0.25, -0.2) is 4.98 Å². The third-order valence-corrected chi connectivity index (χ3v) is 4.34. The normalized spacial score (nSPS) is 23.3. The largest absolute Gasteiger partial charge is 0.353 e. The van der Waals surface area contributed by atoms with Gasteiger partial charge >= 0.3 is 0 Å². The highest BCUT2D eigenvalue weighted by Crippen LogP contribution is 2.28. The van der Waals surface area contributed by atoms with E-state index < -0.39 is 0 Å². The zero-order valence-corrected chi connectivity index (χ0v) is 12.1. The lowest BCUT2D eigenvalue weighted by Gasteiger charge is -2.28. The average molecular weight is 259 g/mol. The van der Waals surface area contributed by atoms with Crippen molar-refractivity contribution in [1.82, 2.24) is 10.3 Å². The number of aromatic nitrogens is 1. The molecule has 104 valence electrons. The fourth-order valence-electron chi connectivity index (χ4n) is 3.01. The molecule has 1 aliphatic carbocycles. The summed E-state index contributed by atoms with van der Waals surface area (Å²) in [6, 6.07) is 5.87. The Labute approximate surface area is 116 Å². The first-order chi connectivity index (χ1) is 9.24. The van der Waals surface area contributed by atoms with Gasteiger partial charge in [-0.3, -0.25) is 0 Å². The molecule has 2 aliphatic rings. The molecule has 1 unspecified atom stereocenters. The van der Waals surface area contributed by atoms with Gasteiger partial charge in [0.05, 0.1) is 0 Å². The van der Waals surface area contributed by atoms with Gasteiger partial charge in [0.2, 0.25) is 0 Å². The van der Waals surface area contributed by atoms with Crippen molar-refractivity contribution in [1.29, 1.82) is 0 Å². The van der Waals surface area contributed by atoms with Crippen molar-refractivity contribution < 1.29 is 0 Å². The van der Waals surface area contributed by atoms with Crippen LogP contribution < -0.4 is 10.2 Å². The molecule has 1 saturated heterocycles. The lowest BCUT2D eigenvalue weighted by molar-refractivity contribution is 0.489. The molecule has 0 spiro atoms. The molecule has 3 heteroatoms. The van der Waals surface area contributed by atoms with Crippen LogP contribution in [-0.4, -0.2) is 23.6 Å². The molecule has 2 fully saturated rings. The Hall–Kier alpha value is -1.09. The standard InChI is InChI=1S/C16H25N3/c1-12(2)15-4-3-9-19(15)16-8-5-13(11-18-16)10-17-14-6-7-14/h5,8,11-12,14-15,17H,3-4,6-7,9-10H2,1-2H3. The fraction of sp³-hybridized carbons (Fsp3) is 0.688. The van der Waals surface area contributed by atoms with Gasteiger partial charge in [0.15, 0.2) is 0 Å². The van der Waals surface area contributed by atoms with E-state index in [4.69, 9.17) is 0 Å². The number of nitrogens with one attached hydrogen (secondary N) is 1. The summed E-state index contributed by atoms with van der Waals surface area (Å²) in [6.07, 6.45) is 7.34. The zero-order chi connectivity index (χ0) is 13.2. The highest BCUT2D eigenvalue weighted by molar-refractivity contribution is 5.42. The van der Waals surface area contributed by atoms with Gasteiger partial charge in [-0.2, -0.15) is 0 Å². The van der Waals surface area contributed by atoms with Gasteiger partial charge < -0.3 is 10.2 Å². The third-order valence-electron chi connectivity index (χ3n) is 4.34. The van der Waals surface area contributed by atoms with Crippen LogP contribution in [0.1, 0.15) is 45.1 Å². The Balaban J connectivity index is 1.63. The average Bonchev–Trinajstić information content (AvgIpc) is 3.11. The van der Waals surface area contributed by atoms with Crippen LogP contribution in [0.4, 0.5) is 5.82 Å². The maximum absolute atomic E-state index is 4.68. The molecule has 1 aromatic rings. The lowest BCUT2D eigenvalue weighted by Crippen LogP contribution is -2.33. The number of pyridine rings is 1. The second-order valence-corrected chi connectivity index (χ2v) is 6.33. The zero-order valence-electron chi connectivity index (χ0n) is 12.1. The molecule has 0 radical (unpaired) electrons. The molecule has 0 bridgehead atoms. The van der Waals surface area contributed by atoms with Gasteiger partial charge in [0.1, 0.15) is 5.82 Å². The molecule has 3 rings (SSSR count). The van der Waals surface area contributed by atoms with Crippen molar-refractivity contribution in [3.63, 3.8) is 0 Å². The van der Waals surface area contributed by atoms with E-state index >= 15 is 0 Å². The Morgan fingerprint density at radius 2 is 2.16 bits per heavy atom. The van der Waals surface area contributed by atoms with Crippen LogP contribution in [0.25, 0.3) is 0 Å². The van der Waals surface area contributed by atoms with Gasteiger partial charge in [-0.15, -0.1) is 0 Å². The molecule has 1 N–H and O–H groups in total. The summed E-state index contributed by atoms with van der Waals surface area (Å²) in [5.41, 5.74) is 1.30. The van der Waals surface area contributed by atoms with Crippen LogP contribution in [0.5, 0.6) is 0 Å². The SMILES string of the molecule is CC(C)C1CCCN1c1ccc(CNC2CC2)cn1. The van der Waals surface area contributed by atoms with Gasteiger partial charge in [0.25, 0.3) is 0 Å². The summed E-state index contributed by atoms with van der Waals surface area (Å²) >= 11 is 0. The smallest absolute Gasteiger partial charge is 0.128 e. The topological polar surface area (TPSA) is 28.2 Å². The van der Waals surface area contributed by atoms with E-state index in [9.17, 15) is 0 Å². The molecule has 1 aromatic heterocycles.